The first-order valence-corrected chi connectivity index (χ1v) is 4.99. The molecule has 2 rings (SSSR count). The van der Waals surface area contributed by atoms with Crippen molar-refractivity contribution in [2.24, 2.45) is 0 Å². The Morgan fingerprint density at radius 1 is 0.667 bits per heavy atom. The molecule has 2 N–H and O–H groups in total. The standard InChI is InChI=1S/C5H10O.C4H10N2/c1-2-4-6-5-3-1;1-2-6-4-3-5-1/h1-5H2;5-6H,1-4H2. The molecule has 2 heterocycles. The van der Waals surface area contributed by atoms with Gasteiger partial charge in [0.15, 0.2) is 0 Å². The fourth-order valence-corrected chi connectivity index (χ4v) is 1.29. The fraction of sp³-hybridized carbons (Fsp3) is 1.00. The van der Waals surface area contributed by atoms with Crippen molar-refractivity contribution >= 4 is 0 Å². The van der Waals surface area contributed by atoms with Gasteiger partial charge in [0.1, 0.15) is 0 Å². The molecule has 0 amide bonds. The zero-order valence-electron chi connectivity index (χ0n) is 7.77. The summed E-state index contributed by atoms with van der Waals surface area (Å²) in [6.45, 7) is 6.56. The predicted molar refractivity (Wildman–Crippen MR) is 50.4 cm³/mol. The molecule has 2 saturated heterocycles. The van der Waals surface area contributed by atoms with E-state index in [0.717, 1.165) is 39.4 Å². The van der Waals surface area contributed by atoms with Crippen LogP contribution in [0, 0.1) is 0 Å². The molecule has 0 radical (unpaired) electrons. The molecule has 0 aromatic rings. The topological polar surface area (TPSA) is 33.3 Å². The summed E-state index contributed by atoms with van der Waals surface area (Å²) in [5.41, 5.74) is 0. The molecule has 72 valence electrons. The van der Waals surface area contributed by atoms with Gasteiger partial charge in [-0.05, 0) is 19.3 Å². The molecule has 0 aromatic heterocycles. The van der Waals surface area contributed by atoms with E-state index < -0.39 is 0 Å². The number of hydrogen-bond acceptors (Lipinski definition) is 3. The summed E-state index contributed by atoms with van der Waals surface area (Å²) in [6.07, 6.45) is 3.93. The van der Waals surface area contributed by atoms with E-state index in [2.05, 4.69) is 10.6 Å². The van der Waals surface area contributed by atoms with Crippen LogP contribution in [0.25, 0.3) is 0 Å². The van der Waals surface area contributed by atoms with E-state index in [0.29, 0.717) is 0 Å². The van der Waals surface area contributed by atoms with Crippen LogP contribution in [0.5, 0.6) is 0 Å². The quantitative estimate of drug-likeness (QED) is 0.554. The van der Waals surface area contributed by atoms with E-state index in [-0.39, 0.29) is 0 Å². The minimum atomic E-state index is 1.00. The summed E-state index contributed by atoms with van der Waals surface area (Å²) in [7, 11) is 0. The van der Waals surface area contributed by atoms with Crippen molar-refractivity contribution in [2.75, 3.05) is 39.4 Å². The van der Waals surface area contributed by atoms with Gasteiger partial charge >= 0.3 is 0 Å². The Kier molecular flexibility index (Phi) is 6.25. The summed E-state index contributed by atoms with van der Waals surface area (Å²) < 4.78 is 5.07. The lowest BCUT2D eigenvalue weighted by atomic mass is 10.2. The number of hydrogen-bond donors (Lipinski definition) is 2. The molecular weight excluding hydrogens is 152 g/mol. The Bertz CT molecular complexity index is 55.5. The lowest BCUT2D eigenvalue weighted by Gasteiger charge is -2.11. The SMILES string of the molecule is C1CCOCC1.C1CNCCN1. The molecule has 0 aliphatic carbocycles. The zero-order chi connectivity index (χ0) is 8.49. The van der Waals surface area contributed by atoms with Gasteiger partial charge in [-0.2, -0.15) is 0 Å². The van der Waals surface area contributed by atoms with Crippen LogP contribution >= 0.6 is 0 Å². The molecule has 2 aliphatic rings. The maximum Gasteiger partial charge on any atom is 0.0466 e. The third kappa shape index (κ3) is 5.52. The Morgan fingerprint density at radius 3 is 1.33 bits per heavy atom. The van der Waals surface area contributed by atoms with Gasteiger partial charge in [0, 0.05) is 39.4 Å². The van der Waals surface area contributed by atoms with Gasteiger partial charge in [0.05, 0.1) is 0 Å². The molecule has 2 fully saturated rings. The van der Waals surface area contributed by atoms with Crippen molar-refractivity contribution in [3.8, 4) is 0 Å². The predicted octanol–water partition coefficient (Wildman–Crippen LogP) is 0.366. The molecule has 12 heavy (non-hydrogen) atoms. The first-order chi connectivity index (χ1) is 6.00. The smallest absolute Gasteiger partial charge is 0.0466 e. The minimum absolute atomic E-state index is 1.00. The van der Waals surface area contributed by atoms with Crippen LogP contribution in [-0.4, -0.2) is 39.4 Å². The van der Waals surface area contributed by atoms with Gasteiger partial charge in [-0.3, -0.25) is 0 Å². The van der Waals surface area contributed by atoms with Gasteiger partial charge in [0.2, 0.25) is 0 Å². The van der Waals surface area contributed by atoms with E-state index in [1.165, 1.54) is 19.3 Å². The van der Waals surface area contributed by atoms with Gasteiger partial charge in [-0.1, -0.05) is 0 Å². The second kappa shape index (κ2) is 7.53. The van der Waals surface area contributed by atoms with E-state index >= 15 is 0 Å². The van der Waals surface area contributed by atoms with Crippen molar-refractivity contribution in [3.05, 3.63) is 0 Å². The van der Waals surface area contributed by atoms with Crippen molar-refractivity contribution in [3.63, 3.8) is 0 Å². The second-order valence-electron chi connectivity index (χ2n) is 3.17. The first kappa shape index (κ1) is 9.96. The Labute approximate surface area is 74.9 Å². The van der Waals surface area contributed by atoms with Crippen molar-refractivity contribution < 1.29 is 4.74 Å². The van der Waals surface area contributed by atoms with Crippen LogP contribution in [-0.2, 0) is 4.74 Å². The average molecular weight is 172 g/mol. The van der Waals surface area contributed by atoms with Crippen LogP contribution in [0.2, 0.25) is 0 Å². The summed E-state index contributed by atoms with van der Waals surface area (Å²) in [5, 5.41) is 6.44. The van der Waals surface area contributed by atoms with Crippen LogP contribution < -0.4 is 10.6 Å². The number of nitrogens with one attached hydrogen (secondary N) is 2. The van der Waals surface area contributed by atoms with Crippen LogP contribution in [0.4, 0.5) is 0 Å². The molecule has 0 spiro atoms. The number of piperazine rings is 1. The van der Waals surface area contributed by atoms with Crippen molar-refractivity contribution in [1.29, 1.82) is 0 Å². The lowest BCUT2D eigenvalue weighted by molar-refractivity contribution is 0.0968. The minimum Gasteiger partial charge on any atom is -0.381 e. The fourth-order valence-electron chi connectivity index (χ4n) is 1.29. The van der Waals surface area contributed by atoms with Crippen LogP contribution in [0.15, 0.2) is 0 Å². The van der Waals surface area contributed by atoms with E-state index in [4.69, 9.17) is 4.74 Å². The molecule has 0 saturated carbocycles. The maximum absolute atomic E-state index is 5.07. The molecule has 0 atom stereocenters. The molecule has 0 aromatic carbocycles. The molecule has 0 bridgehead atoms. The third-order valence-electron chi connectivity index (χ3n) is 2.03. The van der Waals surface area contributed by atoms with E-state index in [1.54, 1.807) is 0 Å². The van der Waals surface area contributed by atoms with Crippen molar-refractivity contribution in [1.82, 2.24) is 10.6 Å². The highest BCUT2D eigenvalue weighted by molar-refractivity contribution is 4.59. The van der Waals surface area contributed by atoms with Crippen LogP contribution in [0.1, 0.15) is 19.3 Å². The Morgan fingerprint density at radius 2 is 1.17 bits per heavy atom. The molecule has 3 nitrogen and oxygen atoms in total. The second-order valence-corrected chi connectivity index (χ2v) is 3.17. The van der Waals surface area contributed by atoms with Gasteiger partial charge in [-0.25, -0.2) is 0 Å². The van der Waals surface area contributed by atoms with Gasteiger partial charge in [-0.15, -0.1) is 0 Å². The third-order valence-corrected chi connectivity index (χ3v) is 2.03. The normalized spacial score (nSPS) is 24.0. The highest BCUT2D eigenvalue weighted by Gasteiger charge is 1.95. The highest BCUT2D eigenvalue weighted by atomic mass is 16.5. The summed E-state index contributed by atoms with van der Waals surface area (Å²) >= 11 is 0. The average Bonchev–Trinajstić information content (AvgIpc) is 2.24. The van der Waals surface area contributed by atoms with Crippen LogP contribution in [0.3, 0.4) is 0 Å². The first-order valence-electron chi connectivity index (χ1n) is 4.99. The number of rotatable bonds is 0. The number of ether oxygens (including phenoxy) is 1. The van der Waals surface area contributed by atoms with Gasteiger partial charge < -0.3 is 15.4 Å². The van der Waals surface area contributed by atoms with Crippen molar-refractivity contribution in [2.45, 2.75) is 19.3 Å². The molecular formula is C9H20N2O. The highest BCUT2D eigenvalue weighted by Crippen LogP contribution is 2.02. The van der Waals surface area contributed by atoms with E-state index in [9.17, 15) is 0 Å². The summed E-state index contributed by atoms with van der Waals surface area (Å²) in [5.74, 6) is 0. The Hall–Kier alpha value is -0.120. The summed E-state index contributed by atoms with van der Waals surface area (Å²) in [4.78, 5) is 0. The van der Waals surface area contributed by atoms with Gasteiger partial charge in [0.25, 0.3) is 0 Å². The monoisotopic (exact) mass is 172 g/mol. The molecule has 2 aliphatic heterocycles. The van der Waals surface area contributed by atoms with E-state index in [1.807, 2.05) is 0 Å². The maximum atomic E-state index is 5.07. The largest absolute Gasteiger partial charge is 0.381 e. The Balaban J connectivity index is 0.000000120. The molecule has 3 heteroatoms. The summed E-state index contributed by atoms with van der Waals surface area (Å²) in [6, 6.07) is 0. The zero-order valence-corrected chi connectivity index (χ0v) is 7.77. The lowest BCUT2D eigenvalue weighted by Crippen LogP contribution is -2.39. The molecule has 0 unspecified atom stereocenters.